The molecule has 3 aromatic rings. The zero-order valence-electron chi connectivity index (χ0n) is 13.7. The molecular weight excluding hydrogens is 320 g/mol. The molecule has 0 amide bonds. The first kappa shape index (κ1) is 16.1. The van der Waals surface area contributed by atoms with E-state index in [1.165, 1.54) is 11.8 Å². The van der Waals surface area contributed by atoms with Gasteiger partial charge < -0.3 is 0 Å². The molecule has 0 atom stereocenters. The van der Waals surface area contributed by atoms with Gasteiger partial charge in [-0.3, -0.25) is 0 Å². The van der Waals surface area contributed by atoms with E-state index < -0.39 is 0 Å². The molecule has 0 aliphatic heterocycles. The van der Waals surface area contributed by atoms with Crippen LogP contribution in [0.4, 0.5) is 0 Å². The quantitative estimate of drug-likeness (QED) is 0.681. The van der Waals surface area contributed by atoms with Gasteiger partial charge in [-0.15, -0.1) is 5.10 Å². The molecule has 120 valence electrons. The van der Waals surface area contributed by atoms with Crippen LogP contribution in [0.5, 0.6) is 0 Å². The minimum absolute atomic E-state index is 0.533. The zero-order chi connectivity index (χ0) is 17.1. The van der Waals surface area contributed by atoms with E-state index in [0.717, 1.165) is 27.5 Å². The first-order valence-electron chi connectivity index (χ1n) is 7.45. The maximum Gasteiger partial charge on any atom is 0.166 e. The van der Waals surface area contributed by atoms with Gasteiger partial charge in [-0.05, 0) is 54.5 Å². The van der Waals surface area contributed by atoms with Crippen LogP contribution in [0.2, 0.25) is 0 Å². The number of nitriles is 1. The number of tetrazole rings is 1. The van der Waals surface area contributed by atoms with Gasteiger partial charge in [0.15, 0.2) is 5.82 Å². The van der Waals surface area contributed by atoms with Crippen LogP contribution in [-0.4, -0.2) is 25.2 Å². The van der Waals surface area contributed by atoms with Gasteiger partial charge in [0.1, 0.15) is 11.1 Å². The van der Waals surface area contributed by atoms with Crippen molar-refractivity contribution in [3.05, 3.63) is 58.5 Å². The van der Waals surface area contributed by atoms with Crippen LogP contribution < -0.4 is 0 Å². The Labute approximate surface area is 144 Å². The second-order valence-electron chi connectivity index (χ2n) is 5.37. The van der Waals surface area contributed by atoms with Crippen LogP contribution in [0.25, 0.3) is 5.69 Å². The SMILES string of the molecule is Cc1nc(SCc2nnnn2-c2ccccc2)c(C#N)c(C)c1C. The average Bonchev–Trinajstić information content (AvgIpc) is 3.07. The van der Waals surface area contributed by atoms with Gasteiger partial charge in [0.25, 0.3) is 0 Å². The predicted molar refractivity (Wildman–Crippen MR) is 91.9 cm³/mol. The highest BCUT2D eigenvalue weighted by Gasteiger charge is 2.15. The van der Waals surface area contributed by atoms with Crippen molar-refractivity contribution in [2.24, 2.45) is 0 Å². The fourth-order valence-electron chi connectivity index (χ4n) is 2.35. The lowest BCUT2D eigenvalue weighted by atomic mass is 10.1. The number of hydrogen-bond acceptors (Lipinski definition) is 6. The van der Waals surface area contributed by atoms with Crippen molar-refractivity contribution < 1.29 is 0 Å². The minimum atomic E-state index is 0.533. The molecule has 2 heterocycles. The summed E-state index contributed by atoms with van der Waals surface area (Å²) in [6, 6.07) is 12.0. The van der Waals surface area contributed by atoms with Gasteiger partial charge >= 0.3 is 0 Å². The molecule has 0 aliphatic carbocycles. The normalized spacial score (nSPS) is 10.6. The average molecular weight is 336 g/mol. The van der Waals surface area contributed by atoms with Crippen molar-refractivity contribution in [1.82, 2.24) is 25.2 Å². The van der Waals surface area contributed by atoms with Gasteiger partial charge in [-0.2, -0.15) is 9.94 Å². The molecule has 3 rings (SSSR count). The minimum Gasteiger partial charge on any atom is -0.245 e. The topological polar surface area (TPSA) is 80.3 Å². The van der Waals surface area contributed by atoms with Crippen molar-refractivity contribution in [2.75, 3.05) is 0 Å². The van der Waals surface area contributed by atoms with Crippen LogP contribution in [0.1, 0.15) is 28.2 Å². The number of nitrogens with zero attached hydrogens (tertiary/aromatic N) is 6. The number of hydrogen-bond donors (Lipinski definition) is 0. The zero-order valence-corrected chi connectivity index (χ0v) is 14.5. The maximum absolute atomic E-state index is 9.46. The summed E-state index contributed by atoms with van der Waals surface area (Å²) in [6.07, 6.45) is 0. The van der Waals surface area contributed by atoms with Crippen molar-refractivity contribution in [2.45, 2.75) is 31.6 Å². The number of thioether (sulfide) groups is 1. The molecular formula is C17H16N6S. The fraction of sp³-hybridized carbons (Fsp3) is 0.235. The molecule has 0 saturated carbocycles. The highest BCUT2D eigenvalue weighted by Crippen LogP contribution is 2.28. The number of benzene rings is 1. The Kier molecular flexibility index (Phi) is 4.58. The number of aryl methyl sites for hydroxylation is 1. The van der Waals surface area contributed by atoms with Crippen LogP contribution in [-0.2, 0) is 5.75 Å². The van der Waals surface area contributed by atoms with Crippen LogP contribution in [0.3, 0.4) is 0 Å². The molecule has 1 aromatic carbocycles. The smallest absolute Gasteiger partial charge is 0.166 e. The molecule has 0 unspecified atom stereocenters. The number of pyridine rings is 1. The fourth-order valence-corrected chi connectivity index (χ4v) is 3.34. The number of aromatic nitrogens is 5. The van der Waals surface area contributed by atoms with E-state index in [4.69, 9.17) is 0 Å². The second-order valence-corrected chi connectivity index (χ2v) is 6.33. The Morgan fingerprint density at radius 2 is 1.88 bits per heavy atom. The number of rotatable bonds is 4. The van der Waals surface area contributed by atoms with Crippen LogP contribution >= 0.6 is 11.8 Å². The van der Waals surface area contributed by atoms with E-state index in [2.05, 4.69) is 26.6 Å². The van der Waals surface area contributed by atoms with Crippen molar-refractivity contribution in [3.8, 4) is 11.8 Å². The lowest BCUT2D eigenvalue weighted by Gasteiger charge is -2.11. The first-order valence-corrected chi connectivity index (χ1v) is 8.43. The number of para-hydroxylation sites is 1. The van der Waals surface area contributed by atoms with Crippen LogP contribution in [0.15, 0.2) is 35.4 Å². The molecule has 0 spiro atoms. The largest absolute Gasteiger partial charge is 0.245 e. The van der Waals surface area contributed by atoms with E-state index in [1.54, 1.807) is 4.68 Å². The van der Waals surface area contributed by atoms with Crippen molar-refractivity contribution >= 4 is 11.8 Å². The molecule has 0 saturated heterocycles. The Bertz CT molecular complexity index is 911. The highest BCUT2D eigenvalue weighted by atomic mass is 32.2. The summed E-state index contributed by atoms with van der Waals surface area (Å²) in [4.78, 5) is 4.57. The molecule has 0 N–H and O–H groups in total. The summed E-state index contributed by atoms with van der Waals surface area (Å²) in [6.45, 7) is 5.91. The van der Waals surface area contributed by atoms with E-state index in [0.29, 0.717) is 17.1 Å². The highest BCUT2D eigenvalue weighted by molar-refractivity contribution is 7.98. The molecule has 0 aliphatic rings. The van der Waals surface area contributed by atoms with Crippen molar-refractivity contribution in [1.29, 1.82) is 5.26 Å². The summed E-state index contributed by atoms with van der Waals surface area (Å²) < 4.78 is 1.70. The lowest BCUT2D eigenvalue weighted by molar-refractivity contribution is 0.777. The van der Waals surface area contributed by atoms with E-state index >= 15 is 0 Å². The van der Waals surface area contributed by atoms with E-state index in [-0.39, 0.29) is 0 Å². The monoisotopic (exact) mass is 336 g/mol. The summed E-state index contributed by atoms with van der Waals surface area (Å²) in [5, 5.41) is 22.1. The third-order valence-corrected chi connectivity index (χ3v) is 4.92. The molecule has 0 fully saturated rings. The van der Waals surface area contributed by atoms with Gasteiger partial charge in [-0.25, -0.2) is 4.98 Å². The lowest BCUT2D eigenvalue weighted by Crippen LogP contribution is -2.03. The molecule has 0 bridgehead atoms. The Morgan fingerprint density at radius 3 is 2.58 bits per heavy atom. The molecule has 7 heteroatoms. The summed E-state index contributed by atoms with van der Waals surface area (Å²) in [7, 11) is 0. The van der Waals surface area contributed by atoms with Crippen molar-refractivity contribution in [3.63, 3.8) is 0 Å². The van der Waals surface area contributed by atoms with Gasteiger partial charge in [-0.1, -0.05) is 30.0 Å². The van der Waals surface area contributed by atoms with Gasteiger partial charge in [0.05, 0.1) is 17.0 Å². The molecule has 6 nitrogen and oxygen atoms in total. The Hall–Kier alpha value is -2.72. The third kappa shape index (κ3) is 3.01. The molecule has 24 heavy (non-hydrogen) atoms. The molecule has 2 aromatic heterocycles. The maximum atomic E-state index is 9.46. The standard InChI is InChI=1S/C17H16N6S/c1-11-12(2)15(9-18)17(19-13(11)3)24-10-16-20-21-22-23(16)14-7-5-4-6-8-14/h4-8H,10H2,1-3H3. The van der Waals surface area contributed by atoms with E-state index in [1.807, 2.05) is 51.1 Å². The van der Waals surface area contributed by atoms with Gasteiger partial charge in [0.2, 0.25) is 0 Å². The van der Waals surface area contributed by atoms with Crippen LogP contribution in [0, 0.1) is 32.1 Å². The summed E-state index contributed by atoms with van der Waals surface area (Å²) in [5.74, 6) is 1.25. The first-order chi connectivity index (χ1) is 11.6. The second kappa shape index (κ2) is 6.81. The predicted octanol–water partition coefficient (Wildman–Crippen LogP) is 3.15. The molecule has 0 radical (unpaired) electrons. The summed E-state index contributed by atoms with van der Waals surface area (Å²) in [5.41, 5.74) is 4.52. The summed E-state index contributed by atoms with van der Waals surface area (Å²) >= 11 is 1.48. The van der Waals surface area contributed by atoms with Gasteiger partial charge in [0, 0.05) is 5.69 Å². The Balaban J connectivity index is 1.89. The Morgan fingerprint density at radius 1 is 1.12 bits per heavy atom. The third-order valence-electron chi connectivity index (χ3n) is 3.95. The van der Waals surface area contributed by atoms with E-state index in [9.17, 15) is 5.26 Å².